The zero-order valence-electron chi connectivity index (χ0n) is 13.8. The standard InChI is InChI=1S/C19H20O4/c1-19(2,18(20)22-4)16-12-8-5-6-10-14(12)23-17-13(16)9-7-11-15(17)21-3/h5-11,16H,1-4H3. The molecule has 120 valence electrons. The van der Waals surface area contributed by atoms with Crippen molar-refractivity contribution in [2.45, 2.75) is 19.8 Å². The lowest BCUT2D eigenvalue weighted by molar-refractivity contribution is -0.151. The average Bonchev–Trinajstić information content (AvgIpc) is 2.57. The Morgan fingerprint density at radius 2 is 1.74 bits per heavy atom. The lowest BCUT2D eigenvalue weighted by atomic mass is 9.70. The van der Waals surface area contributed by atoms with Gasteiger partial charge in [0.15, 0.2) is 11.5 Å². The Hall–Kier alpha value is -2.49. The van der Waals surface area contributed by atoms with Crippen LogP contribution in [0, 0.1) is 5.41 Å². The Kier molecular flexibility index (Phi) is 3.76. The van der Waals surface area contributed by atoms with Crippen LogP contribution in [-0.2, 0) is 9.53 Å². The number of para-hydroxylation sites is 2. The van der Waals surface area contributed by atoms with Crippen LogP contribution >= 0.6 is 0 Å². The van der Waals surface area contributed by atoms with Gasteiger partial charge in [-0.2, -0.15) is 0 Å². The third kappa shape index (κ3) is 2.34. The zero-order chi connectivity index (χ0) is 16.6. The van der Waals surface area contributed by atoms with Gasteiger partial charge in [-0.15, -0.1) is 0 Å². The largest absolute Gasteiger partial charge is 0.493 e. The highest BCUT2D eigenvalue weighted by Gasteiger charge is 2.44. The summed E-state index contributed by atoms with van der Waals surface area (Å²) in [5, 5.41) is 0. The summed E-state index contributed by atoms with van der Waals surface area (Å²) in [4.78, 5) is 12.4. The number of carbonyl (C=O) groups excluding carboxylic acids is 1. The van der Waals surface area contributed by atoms with E-state index in [9.17, 15) is 4.79 Å². The average molecular weight is 312 g/mol. The van der Waals surface area contributed by atoms with Crippen molar-refractivity contribution in [3.8, 4) is 17.2 Å². The predicted molar refractivity (Wildman–Crippen MR) is 87.2 cm³/mol. The van der Waals surface area contributed by atoms with Crippen LogP contribution in [0.15, 0.2) is 42.5 Å². The van der Waals surface area contributed by atoms with E-state index < -0.39 is 5.41 Å². The number of fused-ring (bicyclic) bond motifs is 2. The van der Waals surface area contributed by atoms with Crippen LogP contribution in [0.25, 0.3) is 0 Å². The van der Waals surface area contributed by atoms with Crippen LogP contribution in [0.4, 0.5) is 0 Å². The molecule has 0 radical (unpaired) electrons. The molecule has 0 aliphatic carbocycles. The van der Waals surface area contributed by atoms with Gasteiger partial charge in [0.2, 0.25) is 0 Å². The normalized spacial score (nSPS) is 15.9. The van der Waals surface area contributed by atoms with E-state index in [1.807, 2.05) is 56.3 Å². The molecule has 3 rings (SSSR count). The molecule has 23 heavy (non-hydrogen) atoms. The van der Waals surface area contributed by atoms with E-state index in [1.54, 1.807) is 7.11 Å². The van der Waals surface area contributed by atoms with Gasteiger partial charge >= 0.3 is 5.97 Å². The number of hydrogen-bond donors (Lipinski definition) is 0. The molecule has 4 nitrogen and oxygen atoms in total. The summed E-state index contributed by atoms with van der Waals surface area (Å²) in [6.45, 7) is 3.80. The number of ether oxygens (including phenoxy) is 3. The first-order chi connectivity index (χ1) is 11.0. The summed E-state index contributed by atoms with van der Waals surface area (Å²) < 4.78 is 16.5. The number of hydrogen-bond acceptors (Lipinski definition) is 4. The molecule has 0 fully saturated rings. The first-order valence-corrected chi connectivity index (χ1v) is 7.52. The minimum absolute atomic E-state index is 0.176. The first kappa shape index (κ1) is 15.4. The molecular formula is C19H20O4. The van der Waals surface area contributed by atoms with Crippen LogP contribution in [0.2, 0.25) is 0 Å². The molecule has 0 aromatic heterocycles. The Balaban J connectivity index is 2.26. The SMILES string of the molecule is COC(=O)C(C)(C)C1c2ccccc2Oc2c(OC)cccc21. The van der Waals surface area contributed by atoms with E-state index >= 15 is 0 Å². The summed E-state index contributed by atoms with van der Waals surface area (Å²) in [7, 11) is 3.03. The van der Waals surface area contributed by atoms with Gasteiger partial charge in [-0.1, -0.05) is 30.3 Å². The fourth-order valence-corrected chi connectivity index (χ4v) is 3.28. The fraction of sp³-hybridized carbons (Fsp3) is 0.316. The number of methoxy groups -OCH3 is 2. The second-order valence-electron chi connectivity index (χ2n) is 6.16. The van der Waals surface area contributed by atoms with E-state index in [4.69, 9.17) is 14.2 Å². The molecule has 0 spiro atoms. The lowest BCUT2D eigenvalue weighted by Gasteiger charge is -2.37. The second kappa shape index (κ2) is 5.61. The second-order valence-corrected chi connectivity index (χ2v) is 6.16. The van der Waals surface area contributed by atoms with Crippen molar-refractivity contribution in [1.82, 2.24) is 0 Å². The molecule has 0 amide bonds. The van der Waals surface area contributed by atoms with Crippen LogP contribution in [-0.4, -0.2) is 20.2 Å². The Morgan fingerprint density at radius 3 is 2.43 bits per heavy atom. The van der Waals surface area contributed by atoms with Gasteiger partial charge in [-0.3, -0.25) is 4.79 Å². The highest BCUT2D eigenvalue weighted by Crippen LogP contribution is 2.54. The maximum absolute atomic E-state index is 12.4. The first-order valence-electron chi connectivity index (χ1n) is 7.52. The van der Waals surface area contributed by atoms with Crippen molar-refractivity contribution in [3.05, 3.63) is 53.6 Å². The third-order valence-electron chi connectivity index (χ3n) is 4.42. The molecule has 0 bridgehead atoms. The summed E-state index contributed by atoms with van der Waals surface area (Å²) in [6.07, 6.45) is 0. The Bertz CT molecular complexity index is 749. The molecule has 2 aromatic rings. The molecule has 1 unspecified atom stereocenters. The van der Waals surface area contributed by atoms with Crippen molar-refractivity contribution in [2.75, 3.05) is 14.2 Å². The highest BCUT2D eigenvalue weighted by molar-refractivity contribution is 5.79. The molecular weight excluding hydrogens is 292 g/mol. The van der Waals surface area contributed by atoms with Gasteiger partial charge in [0.05, 0.1) is 19.6 Å². The summed E-state index contributed by atoms with van der Waals surface area (Å²) in [5.41, 5.74) is 1.16. The molecule has 1 heterocycles. The predicted octanol–water partition coefficient (Wildman–Crippen LogP) is 4.13. The maximum Gasteiger partial charge on any atom is 0.312 e. The number of rotatable bonds is 3. The summed E-state index contributed by atoms with van der Waals surface area (Å²) >= 11 is 0. The monoisotopic (exact) mass is 312 g/mol. The van der Waals surface area contributed by atoms with Crippen molar-refractivity contribution >= 4 is 5.97 Å². The molecule has 2 aromatic carbocycles. The maximum atomic E-state index is 12.4. The smallest absolute Gasteiger partial charge is 0.312 e. The highest BCUT2D eigenvalue weighted by atomic mass is 16.5. The Labute approximate surface area is 136 Å². The molecule has 0 N–H and O–H groups in total. The minimum Gasteiger partial charge on any atom is -0.493 e. The van der Waals surface area contributed by atoms with E-state index in [2.05, 4.69) is 0 Å². The van der Waals surface area contributed by atoms with Crippen molar-refractivity contribution < 1.29 is 19.0 Å². The van der Waals surface area contributed by atoms with Crippen LogP contribution in [0.3, 0.4) is 0 Å². The van der Waals surface area contributed by atoms with E-state index in [0.29, 0.717) is 11.5 Å². The molecule has 0 saturated heterocycles. The molecule has 1 atom stereocenters. The lowest BCUT2D eigenvalue weighted by Crippen LogP contribution is -2.34. The van der Waals surface area contributed by atoms with Gasteiger partial charge in [-0.25, -0.2) is 0 Å². The topological polar surface area (TPSA) is 44.8 Å². The number of benzene rings is 2. The van der Waals surface area contributed by atoms with Crippen molar-refractivity contribution in [3.63, 3.8) is 0 Å². The van der Waals surface area contributed by atoms with Gasteiger partial charge in [-0.05, 0) is 26.0 Å². The van der Waals surface area contributed by atoms with Crippen molar-refractivity contribution in [1.29, 1.82) is 0 Å². The summed E-state index contributed by atoms with van der Waals surface area (Å²) in [5.74, 6) is 1.63. The number of carbonyl (C=O) groups is 1. The Morgan fingerprint density at radius 1 is 1.04 bits per heavy atom. The van der Waals surface area contributed by atoms with E-state index in [-0.39, 0.29) is 11.9 Å². The minimum atomic E-state index is -0.740. The number of esters is 1. The third-order valence-corrected chi connectivity index (χ3v) is 4.42. The quantitative estimate of drug-likeness (QED) is 0.799. The summed E-state index contributed by atoms with van der Waals surface area (Å²) in [6, 6.07) is 13.5. The molecule has 4 heteroatoms. The van der Waals surface area contributed by atoms with Crippen molar-refractivity contribution in [2.24, 2.45) is 5.41 Å². The van der Waals surface area contributed by atoms with Crippen LogP contribution in [0.1, 0.15) is 30.9 Å². The molecule has 1 aliphatic heterocycles. The van der Waals surface area contributed by atoms with Gasteiger partial charge < -0.3 is 14.2 Å². The molecule has 0 saturated carbocycles. The fourth-order valence-electron chi connectivity index (χ4n) is 3.28. The van der Waals surface area contributed by atoms with Crippen LogP contribution < -0.4 is 9.47 Å². The van der Waals surface area contributed by atoms with E-state index in [1.165, 1.54) is 7.11 Å². The van der Waals surface area contributed by atoms with Gasteiger partial charge in [0.25, 0.3) is 0 Å². The van der Waals surface area contributed by atoms with Crippen LogP contribution in [0.5, 0.6) is 17.2 Å². The van der Waals surface area contributed by atoms with E-state index in [0.717, 1.165) is 16.9 Å². The van der Waals surface area contributed by atoms with Gasteiger partial charge in [0.1, 0.15) is 5.75 Å². The zero-order valence-corrected chi connectivity index (χ0v) is 13.8. The molecule has 1 aliphatic rings. The van der Waals surface area contributed by atoms with Gasteiger partial charge in [0, 0.05) is 17.0 Å².